The van der Waals surface area contributed by atoms with Crippen molar-refractivity contribution in [3.63, 3.8) is 0 Å². The molecule has 0 amide bonds. The molecule has 2 nitrogen and oxygen atoms in total. The van der Waals surface area contributed by atoms with E-state index < -0.39 is 17.0 Å². The maximum absolute atomic E-state index is 8.06. The first-order valence-electron chi connectivity index (χ1n) is 3.20. The molecule has 0 aromatic heterocycles. The van der Waals surface area contributed by atoms with Crippen molar-refractivity contribution in [1.29, 1.82) is 0 Å². The van der Waals surface area contributed by atoms with Crippen molar-refractivity contribution in [3.05, 3.63) is 0 Å². The maximum atomic E-state index is 8.06. The second kappa shape index (κ2) is 17.3. The van der Waals surface area contributed by atoms with E-state index in [2.05, 4.69) is 0 Å². The quantitative estimate of drug-likeness (QED) is 0.635. The molecule has 0 bridgehead atoms. The van der Waals surface area contributed by atoms with E-state index in [0.717, 1.165) is 0 Å². The van der Waals surface area contributed by atoms with Crippen molar-refractivity contribution >= 4 is 18.6 Å². The van der Waals surface area contributed by atoms with Crippen molar-refractivity contribution in [1.82, 2.24) is 0 Å². The van der Waals surface area contributed by atoms with Crippen LogP contribution in [0.1, 0.15) is 27.7 Å². The molecule has 0 aliphatic rings. The van der Waals surface area contributed by atoms with Gasteiger partial charge in [0.05, 0.1) is 0 Å². The van der Waals surface area contributed by atoms with Gasteiger partial charge in [0.15, 0.2) is 0 Å². The van der Waals surface area contributed by atoms with Crippen molar-refractivity contribution in [2.45, 2.75) is 39.9 Å². The van der Waals surface area contributed by atoms with Crippen LogP contribution in [0.15, 0.2) is 0 Å². The summed E-state index contributed by atoms with van der Waals surface area (Å²) in [6, 6.07) is 0. The summed E-state index contributed by atoms with van der Waals surface area (Å²) in [5.74, 6) is 0. The van der Waals surface area contributed by atoms with Crippen LogP contribution in [-0.4, -0.2) is 22.4 Å². The van der Waals surface area contributed by atoms with Gasteiger partial charge in [0, 0.05) is 12.2 Å². The molecule has 0 atom stereocenters. The van der Waals surface area contributed by atoms with E-state index in [9.17, 15) is 0 Å². The summed E-state index contributed by atoms with van der Waals surface area (Å²) < 4.78 is 0. The zero-order chi connectivity index (χ0) is 9.86. The van der Waals surface area contributed by atoms with Gasteiger partial charge >= 0.3 is 35.6 Å². The molecular formula is C6H16Cl2O2Ti. The molecule has 0 spiro atoms. The van der Waals surface area contributed by atoms with E-state index in [0.29, 0.717) is 0 Å². The summed E-state index contributed by atoms with van der Waals surface area (Å²) in [4.78, 5) is 0. The van der Waals surface area contributed by atoms with E-state index in [-0.39, 0.29) is 12.2 Å². The second-order valence-corrected chi connectivity index (χ2v) is 4.84. The molecule has 2 N–H and O–H groups in total. The average molecular weight is 239 g/mol. The Morgan fingerprint density at radius 3 is 0.909 bits per heavy atom. The Balaban J connectivity index is -0.0000000886. The summed E-state index contributed by atoms with van der Waals surface area (Å²) in [6.07, 6.45) is -0.333. The van der Waals surface area contributed by atoms with Gasteiger partial charge in [-0.15, -0.1) is 0 Å². The first-order chi connectivity index (χ1) is 4.88. The third-order valence-corrected chi connectivity index (χ3v) is 0. The van der Waals surface area contributed by atoms with E-state index in [1.54, 1.807) is 27.7 Å². The first-order valence-corrected chi connectivity index (χ1v) is 7.50. The fourth-order valence-electron chi connectivity index (χ4n) is 0. The number of halogens is 2. The van der Waals surface area contributed by atoms with Gasteiger partial charge in [-0.05, 0) is 27.7 Å². The fraction of sp³-hybridized carbons (Fsp3) is 1.00. The molecule has 0 fully saturated rings. The van der Waals surface area contributed by atoms with Crippen LogP contribution in [-0.2, 0) is 17.0 Å². The van der Waals surface area contributed by atoms with Gasteiger partial charge < -0.3 is 10.2 Å². The van der Waals surface area contributed by atoms with Gasteiger partial charge in [-0.3, -0.25) is 0 Å². The Morgan fingerprint density at radius 1 is 0.909 bits per heavy atom. The Kier molecular flexibility index (Phi) is 28.5. The molecule has 0 rings (SSSR count). The standard InChI is InChI=1S/2C3H8O.2ClH.Ti/c2*1-3(2)4;;;/h2*3-4H,1-2H3;2*1H;/q;;;;+2/p-2. The summed E-state index contributed by atoms with van der Waals surface area (Å²) >= 11 is -0.556. The second-order valence-electron chi connectivity index (χ2n) is 2.26. The van der Waals surface area contributed by atoms with Crippen LogP contribution in [0.3, 0.4) is 0 Å². The first kappa shape index (κ1) is 18.1. The number of aliphatic hydroxyl groups is 2. The van der Waals surface area contributed by atoms with Crippen LogP contribution in [0.5, 0.6) is 0 Å². The van der Waals surface area contributed by atoms with Crippen LogP contribution in [0.25, 0.3) is 0 Å². The van der Waals surface area contributed by atoms with Gasteiger partial charge in [-0.25, -0.2) is 0 Å². The predicted molar refractivity (Wildman–Crippen MR) is 46.4 cm³/mol. The van der Waals surface area contributed by atoms with Crippen LogP contribution >= 0.6 is 18.6 Å². The minimum atomic E-state index is -0.556. The van der Waals surface area contributed by atoms with Gasteiger partial charge in [0.1, 0.15) is 0 Å². The van der Waals surface area contributed by atoms with Gasteiger partial charge in [0.2, 0.25) is 0 Å². The normalized spacial score (nSPS) is 7.82. The molecule has 0 unspecified atom stereocenters. The molecule has 0 aliphatic carbocycles. The molecule has 0 aromatic rings. The fourth-order valence-corrected chi connectivity index (χ4v) is 0. The SMILES string of the molecule is CC(C)O.CC(C)O.[Cl][Ti][Cl]. The Morgan fingerprint density at radius 2 is 0.909 bits per heavy atom. The van der Waals surface area contributed by atoms with Crippen molar-refractivity contribution in [3.8, 4) is 0 Å². The van der Waals surface area contributed by atoms with Crippen molar-refractivity contribution < 1.29 is 27.2 Å². The van der Waals surface area contributed by atoms with E-state index in [4.69, 9.17) is 28.8 Å². The molecule has 70 valence electrons. The molecule has 5 heteroatoms. The molecule has 0 radical (unpaired) electrons. The van der Waals surface area contributed by atoms with Crippen LogP contribution in [0, 0.1) is 0 Å². The monoisotopic (exact) mass is 238 g/mol. The third kappa shape index (κ3) is 646. The zero-order valence-electron chi connectivity index (χ0n) is 7.31. The average Bonchev–Trinajstić information content (AvgIpc) is 1.60. The van der Waals surface area contributed by atoms with Crippen LogP contribution < -0.4 is 0 Å². The molecule has 0 aliphatic heterocycles. The van der Waals surface area contributed by atoms with E-state index >= 15 is 0 Å². The summed E-state index contributed by atoms with van der Waals surface area (Å²) in [6.45, 7) is 6.89. The molecule has 0 aromatic carbocycles. The van der Waals surface area contributed by atoms with Gasteiger partial charge in [-0.1, -0.05) is 0 Å². The summed E-state index contributed by atoms with van der Waals surface area (Å²) in [5, 5.41) is 16.1. The van der Waals surface area contributed by atoms with Crippen molar-refractivity contribution in [2.24, 2.45) is 0 Å². The summed E-state index contributed by atoms with van der Waals surface area (Å²) in [7, 11) is 9.78. The number of rotatable bonds is 0. The topological polar surface area (TPSA) is 40.5 Å². The Labute approximate surface area is 85.6 Å². The van der Waals surface area contributed by atoms with E-state index in [1.807, 2.05) is 0 Å². The molecule has 11 heavy (non-hydrogen) atoms. The molecule has 0 saturated carbocycles. The number of aliphatic hydroxyl groups excluding tert-OH is 2. The van der Waals surface area contributed by atoms with Gasteiger partial charge in [-0.2, -0.15) is 0 Å². The predicted octanol–water partition coefficient (Wildman–Crippen LogP) is 2.15. The Hall–Kier alpha value is 1.21. The van der Waals surface area contributed by atoms with Crippen molar-refractivity contribution in [2.75, 3.05) is 0 Å². The number of hydrogen-bond acceptors (Lipinski definition) is 2. The number of hydrogen-bond donors (Lipinski definition) is 2. The van der Waals surface area contributed by atoms with Crippen LogP contribution in [0.4, 0.5) is 0 Å². The molecule has 0 saturated heterocycles. The summed E-state index contributed by atoms with van der Waals surface area (Å²) in [5.41, 5.74) is 0. The Bertz CT molecular complexity index is 42.3. The zero-order valence-corrected chi connectivity index (χ0v) is 10.4. The molecule has 0 heterocycles. The molecular weight excluding hydrogens is 223 g/mol. The van der Waals surface area contributed by atoms with Gasteiger partial charge in [0.25, 0.3) is 0 Å². The third-order valence-electron chi connectivity index (χ3n) is 0. The minimum absolute atomic E-state index is 0.167. The van der Waals surface area contributed by atoms with E-state index in [1.165, 1.54) is 0 Å². The van der Waals surface area contributed by atoms with Crippen LogP contribution in [0.2, 0.25) is 0 Å².